The molecule has 0 bridgehead atoms. The standard InChI is InChI=1S/C25H22N2O4/c1-14-7-10-20(28)19(12-14)27-22(18-6-4-5-11-26-18)21(24(30)25(27)31)23(29)17-9-8-15(2)16(3)13-17/h4-13,22,28-29H,1-3H3/b23-21-. The number of rotatable bonds is 3. The molecule has 1 saturated heterocycles. The topological polar surface area (TPSA) is 90.7 Å². The fourth-order valence-electron chi connectivity index (χ4n) is 3.77. The average Bonchev–Trinajstić information content (AvgIpc) is 3.02. The summed E-state index contributed by atoms with van der Waals surface area (Å²) in [4.78, 5) is 31.8. The van der Waals surface area contributed by atoms with Gasteiger partial charge in [-0.05, 0) is 67.8 Å². The molecule has 156 valence electrons. The van der Waals surface area contributed by atoms with E-state index in [-0.39, 0.29) is 22.8 Å². The van der Waals surface area contributed by atoms with Gasteiger partial charge in [0, 0.05) is 11.8 Å². The Hall–Kier alpha value is -3.93. The smallest absolute Gasteiger partial charge is 0.300 e. The Bertz CT molecular complexity index is 1230. The predicted molar refractivity (Wildman–Crippen MR) is 118 cm³/mol. The number of hydrogen-bond acceptors (Lipinski definition) is 5. The van der Waals surface area contributed by atoms with Crippen molar-refractivity contribution in [2.24, 2.45) is 0 Å². The summed E-state index contributed by atoms with van der Waals surface area (Å²) < 4.78 is 0. The van der Waals surface area contributed by atoms with E-state index in [0.29, 0.717) is 11.3 Å². The highest BCUT2D eigenvalue weighted by molar-refractivity contribution is 6.51. The predicted octanol–water partition coefficient (Wildman–Crippen LogP) is 4.34. The average molecular weight is 414 g/mol. The van der Waals surface area contributed by atoms with Crippen LogP contribution in [0.25, 0.3) is 5.76 Å². The molecule has 1 fully saturated rings. The highest BCUT2D eigenvalue weighted by Gasteiger charge is 2.48. The number of ketones is 1. The second-order valence-electron chi connectivity index (χ2n) is 7.71. The number of aromatic hydroxyl groups is 1. The van der Waals surface area contributed by atoms with Gasteiger partial charge in [-0.1, -0.05) is 24.3 Å². The largest absolute Gasteiger partial charge is 0.507 e. The lowest BCUT2D eigenvalue weighted by atomic mass is 9.96. The van der Waals surface area contributed by atoms with Crippen molar-refractivity contribution in [3.63, 3.8) is 0 Å². The van der Waals surface area contributed by atoms with Gasteiger partial charge in [0.1, 0.15) is 17.6 Å². The van der Waals surface area contributed by atoms with Crippen molar-refractivity contribution in [3.05, 3.63) is 94.3 Å². The van der Waals surface area contributed by atoms with Crippen molar-refractivity contribution in [2.75, 3.05) is 4.90 Å². The minimum Gasteiger partial charge on any atom is -0.507 e. The normalized spacial score (nSPS) is 17.9. The van der Waals surface area contributed by atoms with Gasteiger partial charge in [0.2, 0.25) is 0 Å². The lowest BCUT2D eigenvalue weighted by molar-refractivity contribution is -0.132. The lowest BCUT2D eigenvalue weighted by Gasteiger charge is -2.25. The summed E-state index contributed by atoms with van der Waals surface area (Å²) in [5.74, 6) is -2.07. The van der Waals surface area contributed by atoms with Crippen LogP contribution in [0.15, 0.2) is 66.4 Å². The number of carbonyl (C=O) groups excluding carboxylic acids is 2. The maximum absolute atomic E-state index is 13.1. The molecule has 6 nitrogen and oxygen atoms in total. The first-order valence-corrected chi connectivity index (χ1v) is 9.88. The molecule has 1 aliphatic rings. The number of Topliss-reactive ketones (excluding diaryl/α,β-unsaturated/α-hetero) is 1. The Labute approximate surface area is 180 Å². The zero-order chi connectivity index (χ0) is 22.3. The molecule has 4 rings (SSSR count). The van der Waals surface area contributed by atoms with Crippen LogP contribution >= 0.6 is 0 Å². The maximum atomic E-state index is 13.1. The second kappa shape index (κ2) is 7.72. The second-order valence-corrected chi connectivity index (χ2v) is 7.71. The summed E-state index contributed by atoms with van der Waals surface area (Å²) in [6.07, 6.45) is 1.56. The van der Waals surface area contributed by atoms with Crippen LogP contribution in [0.3, 0.4) is 0 Å². The van der Waals surface area contributed by atoms with E-state index in [9.17, 15) is 19.8 Å². The molecule has 2 aromatic carbocycles. The number of aliphatic hydroxyl groups excluding tert-OH is 1. The van der Waals surface area contributed by atoms with E-state index in [1.807, 2.05) is 26.8 Å². The first-order valence-electron chi connectivity index (χ1n) is 9.88. The molecular formula is C25H22N2O4. The summed E-state index contributed by atoms with van der Waals surface area (Å²) in [6, 6.07) is 14.3. The van der Waals surface area contributed by atoms with Crippen molar-refractivity contribution >= 4 is 23.1 Å². The van der Waals surface area contributed by atoms with E-state index in [4.69, 9.17) is 0 Å². The fourth-order valence-corrected chi connectivity index (χ4v) is 3.77. The molecular weight excluding hydrogens is 392 g/mol. The SMILES string of the molecule is Cc1ccc(O)c(N2C(=O)C(=O)/C(=C(\O)c3ccc(C)c(C)c3)C2c2ccccn2)c1. The van der Waals surface area contributed by atoms with E-state index in [1.165, 1.54) is 11.0 Å². The van der Waals surface area contributed by atoms with E-state index in [0.717, 1.165) is 16.7 Å². The molecule has 0 saturated carbocycles. The summed E-state index contributed by atoms with van der Waals surface area (Å²) in [7, 11) is 0. The van der Waals surface area contributed by atoms with Crippen LogP contribution < -0.4 is 4.90 Å². The minimum atomic E-state index is -0.976. The van der Waals surface area contributed by atoms with Crippen molar-refractivity contribution < 1.29 is 19.8 Å². The highest BCUT2D eigenvalue weighted by Crippen LogP contribution is 2.44. The van der Waals surface area contributed by atoms with Crippen LogP contribution in [0, 0.1) is 20.8 Å². The van der Waals surface area contributed by atoms with Gasteiger partial charge >= 0.3 is 0 Å². The molecule has 0 spiro atoms. The number of phenolic OH excluding ortho intramolecular Hbond substituents is 1. The van der Waals surface area contributed by atoms with Gasteiger partial charge in [-0.2, -0.15) is 0 Å². The van der Waals surface area contributed by atoms with Gasteiger partial charge in [-0.15, -0.1) is 0 Å². The van der Waals surface area contributed by atoms with E-state index >= 15 is 0 Å². The van der Waals surface area contributed by atoms with Gasteiger partial charge in [-0.25, -0.2) is 0 Å². The number of amides is 1. The Kier molecular flexibility index (Phi) is 5.07. The number of anilines is 1. The Morgan fingerprint density at radius 2 is 1.74 bits per heavy atom. The number of aryl methyl sites for hydroxylation is 3. The summed E-state index contributed by atoms with van der Waals surface area (Å²) in [5, 5.41) is 21.6. The number of nitrogens with zero attached hydrogens (tertiary/aromatic N) is 2. The van der Waals surface area contributed by atoms with Crippen LogP contribution in [-0.2, 0) is 9.59 Å². The highest BCUT2D eigenvalue weighted by atomic mass is 16.3. The summed E-state index contributed by atoms with van der Waals surface area (Å²) in [6.45, 7) is 5.68. The van der Waals surface area contributed by atoms with Crippen LogP contribution in [0.1, 0.15) is 34.0 Å². The van der Waals surface area contributed by atoms with Gasteiger partial charge in [0.05, 0.1) is 17.0 Å². The number of phenols is 1. The third-order valence-electron chi connectivity index (χ3n) is 5.58. The maximum Gasteiger partial charge on any atom is 0.300 e. The molecule has 6 heteroatoms. The first kappa shape index (κ1) is 20.3. The molecule has 3 aromatic rings. The quantitative estimate of drug-likeness (QED) is 0.378. The molecule has 1 aliphatic heterocycles. The molecule has 0 radical (unpaired) electrons. The Balaban J connectivity index is 1.98. The van der Waals surface area contributed by atoms with Crippen molar-refractivity contribution in [3.8, 4) is 5.75 Å². The van der Waals surface area contributed by atoms with Crippen molar-refractivity contribution in [1.29, 1.82) is 0 Å². The number of carbonyl (C=O) groups is 2. The van der Waals surface area contributed by atoms with Crippen LogP contribution in [0.5, 0.6) is 5.75 Å². The Morgan fingerprint density at radius 3 is 2.42 bits per heavy atom. The van der Waals surface area contributed by atoms with E-state index in [1.54, 1.807) is 48.7 Å². The van der Waals surface area contributed by atoms with E-state index < -0.39 is 17.7 Å². The third kappa shape index (κ3) is 3.46. The summed E-state index contributed by atoms with van der Waals surface area (Å²) >= 11 is 0. The monoisotopic (exact) mass is 414 g/mol. The van der Waals surface area contributed by atoms with Crippen LogP contribution in [0.2, 0.25) is 0 Å². The van der Waals surface area contributed by atoms with Gasteiger partial charge in [-0.3, -0.25) is 19.5 Å². The minimum absolute atomic E-state index is 0.0622. The van der Waals surface area contributed by atoms with Gasteiger partial charge < -0.3 is 10.2 Å². The lowest BCUT2D eigenvalue weighted by Crippen LogP contribution is -2.30. The van der Waals surface area contributed by atoms with Crippen LogP contribution in [0.4, 0.5) is 5.69 Å². The first-order chi connectivity index (χ1) is 14.8. The number of pyridine rings is 1. The van der Waals surface area contributed by atoms with E-state index in [2.05, 4.69) is 4.98 Å². The van der Waals surface area contributed by atoms with Crippen molar-refractivity contribution in [1.82, 2.24) is 4.98 Å². The molecule has 2 heterocycles. The number of benzene rings is 2. The molecule has 1 atom stereocenters. The Morgan fingerprint density at radius 1 is 0.968 bits per heavy atom. The molecule has 0 aliphatic carbocycles. The molecule has 1 amide bonds. The number of aromatic nitrogens is 1. The van der Waals surface area contributed by atoms with Crippen LogP contribution in [-0.4, -0.2) is 26.9 Å². The van der Waals surface area contributed by atoms with Crippen molar-refractivity contribution in [2.45, 2.75) is 26.8 Å². The van der Waals surface area contributed by atoms with Gasteiger partial charge in [0.25, 0.3) is 11.7 Å². The molecule has 31 heavy (non-hydrogen) atoms. The zero-order valence-corrected chi connectivity index (χ0v) is 17.5. The number of aliphatic hydroxyl groups is 1. The number of hydrogen-bond donors (Lipinski definition) is 2. The molecule has 1 unspecified atom stereocenters. The third-order valence-corrected chi connectivity index (χ3v) is 5.58. The molecule has 2 N–H and O–H groups in total. The van der Waals surface area contributed by atoms with Gasteiger partial charge in [0.15, 0.2) is 0 Å². The summed E-state index contributed by atoms with van der Waals surface area (Å²) in [5.41, 5.74) is 3.78. The fraction of sp³-hybridized carbons (Fsp3) is 0.160. The molecule has 1 aromatic heterocycles. The zero-order valence-electron chi connectivity index (χ0n) is 17.5.